The van der Waals surface area contributed by atoms with Crippen molar-refractivity contribution in [2.24, 2.45) is 5.11 Å². The molecule has 0 saturated heterocycles. The summed E-state index contributed by atoms with van der Waals surface area (Å²) in [5.41, 5.74) is 6.94. The maximum atomic E-state index is 11.4. The Morgan fingerprint density at radius 2 is 2.22 bits per heavy atom. The van der Waals surface area contributed by atoms with Gasteiger partial charge in [-0.15, -0.1) is 0 Å². The molecule has 0 bridgehead atoms. The van der Waals surface area contributed by atoms with Crippen LogP contribution in [0.5, 0.6) is 0 Å². The smallest absolute Gasteiger partial charge is 0.217 e. The number of hydrogen-bond donors (Lipinski definition) is 2. The predicted molar refractivity (Wildman–Crippen MR) is 92.2 cm³/mol. The molecule has 1 aliphatic carbocycles. The second-order valence-electron chi connectivity index (χ2n) is 4.94. The summed E-state index contributed by atoms with van der Waals surface area (Å²) in [7, 11) is -1.08. The molecule has 0 aromatic carbocycles. The lowest BCUT2D eigenvalue weighted by molar-refractivity contribution is -0.154. The largest absolute Gasteiger partial charge is 0.772 e. The van der Waals surface area contributed by atoms with Crippen molar-refractivity contribution in [1.29, 1.82) is 5.53 Å². The molecule has 0 aliphatic heterocycles. The molecule has 0 unspecified atom stereocenters. The summed E-state index contributed by atoms with van der Waals surface area (Å²) in [6.07, 6.45) is 4.50. The SMILES string of the molecule is CCC(CC)O[C@@H]1C=C(I)C[C@H](N=[N+]=N)[C@H]1NC(C)=O.O=P[O-]. The van der Waals surface area contributed by atoms with Gasteiger partial charge in [-0.1, -0.05) is 13.8 Å². The van der Waals surface area contributed by atoms with Gasteiger partial charge >= 0.3 is 0 Å². The molecule has 0 saturated carbocycles. The highest BCUT2D eigenvalue weighted by molar-refractivity contribution is 14.1. The van der Waals surface area contributed by atoms with Crippen LogP contribution in [-0.2, 0) is 14.1 Å². The van der Waals surface area contributed by atoms with E-state index in [1.165, 1.54) is 6.92 Å². The van der Waals surface area contributed by atoms with Crippen molar-refractivity contribution in [1.82, 2.24) is 10.2 Å². The van der Waals surface area contributed by atoms with Crippen LogP contribution in [0.2, 0.25) is 0 Å². The highest BCUT2D eigenvalue weighted by Crippen LogP contribution is 2.29. The van der Waals surface area contributed by atoms with Gasteiger partial charge in [-0.2, -0.15) is 0 Å². The first-order valence-electron chi connectivity index (χ1n) is 7.23. The van der Waals surface area contributed by atoms with Crippen molar-refractivity contribution in [2.45, 2.75) is 64.3 Å². The molecule has 0 fully saturated rings. The Hall–Kier alpha value is -0.730. The standard InChI is InChI=1S/C13H21IN4O2.HO2P/c1-4-10(5-2)20-12-7-9(14)6-11(17-18-15)13(12)16-8(3)19;1-3-2/h7,10-13,15H,4-6H2,1-3H3;(H,1,2)/t11-,12+,13+;/m0./s1. The first-order valence-corrected chi connectivity index (χ1v) is 9.04. The Labute approximate surface area is 151 Å². The van der Waals surface area contributed by atoms with Crippen LogP contribution in [0.3, 0.4) is 0 Å². The quantitative estimate of drug-likeness (QED) is 0.275. The van der Waals surface area contributed by atoms with E-state index in [0.29, 0.717) is 6.42 Å². The Bertz CT molecular complexity index is 467. The van der Waals surface area contributed by atoms with Gasteiger partial charge in [0.2, 0.25) is 10.8 Å². The third-order valence-electron chi connectivity index (χ3n) is 3.35. The van der Waals surface area contributed by atoms with Crippen LogP contribution >= 0.6 is 31.3 Å². The number of amides is 1. The minimum Gasteiger partial charge on any atom is -0.772 e. The fourth-order valence-corrected chi connectivity index (χ4v) is 3.13. The Kier molecular flexibility index (Phi) is 12.3. The highest BCUT2D eigenvalue weighted by Gasteiger charge is 2.38. The second-order valence-corrected chi connectivity index (χ2v) is 6.48. The van der Waals surface area contributed by atoms with Gasteiger partial charge in [-0.3, -0.25) is 9.36 Å². The van der Waals surface area contributed by atoms with Crippen molar-refractivity contribution in [3.8, 4) is 0 Å². The lowest BCUT2D eigenvalue weighted by atomic mass is 9.93. The van der Waals surface area contributed by atoms with Gasteiger partial charge in [0.1, 0.15) is 10.6 Å². The van der Waals surface area contributed by atoms with Crippen LogP contribution in [0.15, 0.2) is 14.8 Å². The van der Waals surface area contributed by atoms with Crippen LogP contribution in [0.25, 0.3) is 0 Å². The molecule has 0 aromatic rings. The first-order chi connectivity index (χ1) is 10.9. The molecule has 1 amide bonds. The Balaban J connectivity index is 0.00000149. The van der Waals surface area contributed by atoms with Crippen molar-refractivity contribution in [3.05, 3.63) is 9.66 Å². The second kappa shape index (κ2) is 12.7. The number of carbonyl (C=O) groups excluding carboxylic acids is 1. The van der Waals surface area contributed by atoms with E-state index < -0.39 is 8.69 Å². The Morgan fingerprint density at radius 1 is 1.65 bits per heavy atom. The predicted octanol–water partition coefficient (Wildman–Crippen LogP) is 2.26. The maximum absolute atomic E-state index is 11.4. The molecule has 1 aliphatic rings. The molecule has 0 radical (unpaired) electrons. The maximum Gasteiger partial charge on any atom is 0.217 e. The Morgan fingerprint density at radius 3 is 2.65 bits per heavy atom. The average Bonchev–Trinajstić information content (AvgIpc) is 2.48. The number of hydrogen-bond acceptors (Lipinski definition) is 6. The zero-order valence-corrected chi connectivity index (χ0v) is 16.4. The minimum absolute atomic E-state index is 0.122. The molecule has 130 valence electrons. The number of rotatable bonds is 6. The number of nitrogens with one attached hydrogen (secondary N) is 2. The summed E-state index contributed by atoms with van der Waals surface area (Å²) in [4.78, 5) is 22.9. The van der Waals surface area contributed by atoms with E-state index >= 15 is 0 Å². The van der Waals surface area contributed by atoms with Gasteiger partial charge in [0.15, 0.2) is 6.04 Å². The van der Waals surface area contributed by atoms with E-state index in [0.717, 1.165) is 16.4 Å². The summed E-state index contributed by atoms with van der Waals surface area (Å²) in [6.45, 7) is 5.65. The highest BCUT2D eigenvalue weighted by atomic mass is 127. The third-order valence-corrected chi connectivity index (χ3v) is 4.15. The first kappa shape index (κ1) is 22.3. The number of halogens is 1. The molecule has 1 rings (SSSR count). The van der Waals surface area contributed by atoms with Crippen LogP contribution in [0, 0.1) is 5.53 Å². The van der Waals surface area contributed by atoms with Gasteiger partial charge in [0, 0.05) is 13.3 Å². The van der Waals surface area contributed by atoms with E-state index in [-0.39, 0.29) is 30.2 Å². The molecular weight excluding hydrogens is 434 g/mol. The van der Waals surface area contributed by atoms with E-state index in [1.807, 2.05) is 6.08 Å². The summed E-state index contributed by atoms with van der Waals surface area (Å²) in [6, 6.07) is -0.506. The van der Waals surface area contributed by atoms with Crippen molar-refractivity contribution in [3.63, 3.8) is 0 Å². The van der Waals surface area contributed by atoms with Gasteiger partial charge in [0.05, 0.1) is 26.9 Å². The van der Waals surface area contributed by atoms with Crippen molar-refractivity contribution < 1.29 is 19.0 Å². The molecule has 2 N–H and O–H groups in total. The van der Waals surface area contributed by atoms with Gasteiger partial charge in [0.25, 0.3) is 0 Å². The van der Waals surface area contributed by atoms with E-state index in [9.17, 15) is 4.79 Å². The van der Waals surface area contributed by atoms with Crippen molar-refractivity contribution in [2.75, 3.05) is 0 Å². The van der Waals surface area contributed by atoms with E-state index in [1.54, 1.807) is 0 Å². The number of nitrogens with zero attached hydrogens (tertiary/aromatic N) is 2. The van der Waals surface area contributed by atoms with Gasteiger partial charge in [-0.05, 0) is 45.1 Å². The average molecular weight is 456 g/mol. The molecule has 0 spiro atoms. The fourth-order valence-electron chi connectivity index (χ4n) is 2.32. The molecular formula is C13H22IN4O4P. The van der Waals surface area contributed by atoms with Crippen molar-refractivity contribution >= 4 is 37.2 Å². The topological polar surface area (TPSA) is 129 Å². The zero-order valence-electron chi connectivity index (χ0n) is 13.4. The van der Waals surface area contributed by atoms with E-state index in [4.69, 9.17) is 19.7 Å². The van der Waals surface area contributed by atoms with Crippen LogP contribution in [0.1, 0.15) is 40.0 Å². The monoisotopic (exact) mass is 456 g/mol. The zero-order chi connectivity index (χ0) is 17.8. The third kappa shape index (κ3) is 8.62. The molecule has 10 heteroatoms. The lowest BCUT2D eigenvalue weighted by Gasteiger charge is -2.33. The molecule has 23 heavy (non-hydrogen) atoms. The summed E-state index contributed by atoms with van der Waals surface area (Å²) < 4.78 is 15.6. The summed E-state index contributed by atoms with van der Waals surface area (Å²) in [5, 5.41) is 6.82. The molecule has 0 heterocycles. The number of ether oxygens (including phenoxy) is 1. The minimum atomic E-state index is -1.08. The van der Waals surface area contributed by atoms with Gasteiger partial charge < -0.3 is 14.9 Å². The van der Waals surface area contributed by atoms with E-state index in [2.05, 4.69) is 51.8 Å². The normalized spacial score (nSPS) is 23.4. The molecule has 0 aromatic heterocycles. The van der Waals surface area contributed by atoms with Crippen LogP contribution in [0.4, 0.5) is 0 Å². The van der Waals surface area contributed by atoms with Crippen LogP contribution < -0.4 is 15.1 Å². The number of carbonyl (C=O) groups is 1. The molecule has 8 nitrogen and oxygen atoms in total. The lowest BCUT2D eigenvalue weighted by Crippen LogP contribution is -2.52. The summed E-state index contributed by atoms with van der Waals surface area (Å²) >= 11 is 2.25. The van der Waals surface area contributed by atoms with Crippen LogP contribution in [-0.4, -0.2) is 30.2 Å². The molecule has 3 atom stereocenters. The summed E-state index contributed by atoms with van der Waals surface area (Å²) in [5.74, 6) is -0.122. The van der Waals surface area contributed by atoms with Gasteiger partial charge in [-0.25, -0.2) is 0 Å². The fraction of sp³-hybridized carbons (Fsp3) is 0.769.